The summed E-state index contributed by atoms with van der Waals surface area (Å²) in [6.07, 6.45) is 6.38. The fourth-order valence-electron chi connectivity index (χ4n) is 2.29. The Bertz CT molecular complexity index is 518. The van der Waals surface area contributed by atoms with Gasteiger partial charge in [-0.05, 0) is 44.6 Å². The quantitative estimate of drug-likeness (QED) is 0.345. The number of rotatable bonds is 12. The Balaban J connectivity index is 1.75. The first-order valence-corrected chi connectivity index (χ1v) is 9.50. The van der Waals surface area contributed by atoms with Gasteiger partial charge in [0.1, 0.15) is 0 Å². The molecule has 2 rings (SSSR count). The number of pyridine rings is 1. The average molecular weight is 348 g/mol. The van der Waals surface area contributed by atoms with E-state index in [1.807, 2.05) is 12.1 Å². The van der Waals surface area contributed by atoms with Gasteiger partial charge >= 0.3 is 0 Å². The predicted molar refractivity (Wildman–Crippen MR) is 101 cm³/mol. The Labute approximate surface area is 151 Å². The summed E-state index contributed by atoms with van der Waals surface area (Å²) in [5, 5.41) is 6.63. The lowest BCUT2D eigenvalue weighted by Gasteiger charge is -2.12. The fraction of sp³-hybridized carbons (Fsp3) is 0.684. The van der Waals surface area contributed by atoms with Gasteiger partial charge in [-0.1, -0.05) is 13.0 Å². The van der Waals surface area contributed by atoms with Crippen molar-refractivity contribution in [3.8, 4) is 5.88 Å². The molecule has 1 heterocycles. The summed E-state index contributed by atoms with van der Waals surface area (Å²) in [6, 6.07) is 3.93. The molecule has 0 atom stereocenters. The Morgan fingerprint density at radius 2 is 2.16 bits per heavy atom. The first-order valence-electron chi connectivity index (χ1n) is 9.50. The lowest BCUT2D eigenvalue weighted by atomic mass is 10.3. The molecule has 0 saturated heterocycles. The molecule has 1 aliphatic rings. The van der Waals surface area contributed by atoms with E-state index < -0.39 is 0 Å². The van der Waals surface area contributed by atoms with Crippen molar-refractivity contribution in [3.63, 3.8) is 0 Å². The van der Waals surface area contributed by atoms with Crippen molar-refractivity contribution in [3.05, 3.63) is 23.9 Å². The minimum atomic E-state index is 0.542. The molecule has 25 heavy (non-hydrogen) atoms. The lowest BCUT2D eigenvalue weighted by Crippen LogP contribution is -2.38. The van der Waals surface area contributed by atoms with E-state index in [4.69, 9.17) is 9.47 Å². The average Bonchev–Trinajstić information content (AvgIpc) is 3.45. The van der Waals surface area contributed by atoms with Crippen LogP contribution >= 0.6 is 0 Å². The number of hydrogen-bond donors (Lipinski definition) is 2. The van der Waals surface area contributed by atoms with Gasteiger partial charge in [-0.3, -0.25) is 0 Å². The van der Waals surface area contributed by atoms with E-state index in [1.165, 1.54) is 12.8 Å². The summed E-state index contributed by atoms with van der Waals surface area (Å²) in [7, 11) is 0. The second-order valence-corrected chi connectivity index (χ2v) is 6.31. The van der Waals surface area contributed by atoms with E-state index in [9.17, 15) is 0 Å². The molecular weight excluding hydrogens is 316 g/mol. The number of aromatic nitrogens is 1. The van der Waals surface area contributed by atoms with E-state index in [1.54, 1.807) is 6.20 Å². The second-order valence-electron chi connectivity index (χ2n) is 6.31. The van der Waals surface area contributed by atoms with E-state index in [-0.39, 0.29) is 0 Å². The topological polar surface area (TPSA) is 67.8 Å². The highest BCUT2D eigenvalue weighted by atomic mass is 16.5. The summed E-state index contributed by atoms with van der Waals surface area (Å²) in [5.41, 5.74) is 1.00. The van der Waals surface area contributed by atoms with Gasteiger partial charge in [-0.15, -0.1) is 0 Å². The Hall–Kier alpha value is -1.82. The third-order valence-corrected chi connectivity index (χ3v) is 3.85. The summed E-state index contributed by atoms with van der Waals surface area (Å²) in [6.45, 7) is 8.78. The first kappa shape index (κ1) is 19.5. The fourth-order valence-corrected chi connectivity index (χ4v) is 2.29. The van der Waals surface area contributed by atoms with Gasteiger partial charge in [0.25, 0.3) is 0 Å². The zero-order valence-corrected chi connectivity index (χ0v) is 15.6. The molecular formula is C19H32N4O2. The largest absolute Gasteiger partial charge is 0.477 e. The van der Waals surface area contributed by atoms with Crippen LogP contribution in [0, 0.1) is 5.92 Å². The van der Waals surface area contributed by atoms with Crippen molar-refractivity contribution in [2.75, 3.05) is 32.9 Å². The van der Waals surface area contributed by atoms with Crippen LogP contribution in [0.4, 0.5) is 0 Å². The minimum absolute atomic E-state index is 0.542. The van der Waals surface area contributed by atoms with Gasteiger partial charge in [-0.2, -0.15) is 0 Å². The molecule has 1 aromatic heterocycles. The molecule has 0 bridgehead atoms. The number of nitrogens with zero attached hydrogens (tertiary/aromatic N) is 2. The van der Waals surface area contributed by atoms with E-state index in [0.717, 1.165) is 56.6 Å². The van der Waals surface area contributed by atoms with Crippen LogP contribution in [0.2, 0.25) is 0 Å². The molecule has 0 radical (unpaired) electrons. The normalized spacial score (nSPS) is 14.4. The zero-order valence-electron chi connectivity index (χ0n) is 15.6. The van der Waals surface area contributed by atoms with Crippen molar-refractivity contribution in [2.24, 2.45) is 10.9 Å². The lowest BCUT2D eigenvalue weighted by molar-refractivity contribution is 0.123. The number of ether oxygens (including phenoxy) is 2. The van der Waals surface area contributed by atoms with Gasteiger partial charge < -0.3 is 20.1 Å². The summed E-state index contributed by atoms with van der Waals surface area (Å²) in [4.78, 5) is 8.95. The molecule has 6 heteroatoms. The van der Waals surface area contributed by atoms with E-state index >= 15 is 0 Å². The molecule has 0 aliphatic heterocycles. The van der Waals surface area contributed by atoms with Gasteiger partial charge in [-0.25, -0.2) is 9.98 Å². The number of aliphatic imine (C=N–C) groups is 1. The molecule has 1 saturated carbocycles. The van der Waals surface area contributed by atoms with Crippen LogP contribution in [0.15, 0.2) is 23.3 Å². The Kier molecular flexibility index (Phi) is 9.12. The predicted octanol–water partition coefficient (Wildman–Crippen LogP) is 2.74. The molecule has 0 unspecified atom stereocenters. The molecule has 1 fully saturated rings. The number of nitrogens with one attached hydrogen (secondary N) is 2. The summed E-state index contributed by atoms with van der Waals surface area (Å²) in [5.74, 6) is 2.32. The third kappa shape index (κ3) is 8.20. The maximum absolute atomic E-state index is 5.69. The zero-order chi connectivity index (χ0) is 17.7. The van der Waals surface area contributed by atoms with Gasteiger partial charge in [0.2, 0.25) is 5.88 Å². The third-order valence-electron chi connectivity index (χ3n) is 3.85. The van der Waals surface area contributed by atoms with Crippen LogP contribution in [-0.4, -0.2) is 43.9 Å². The van der Waals surface area contributed by atoms with Crippen molar-refractivity contribution in [1.82, 2.24) is 15.6 Å². The monoisotopic (exact) mass is 348 g/mol. The molecule has 1 aliphatic carbocycles. The van der Waals surface area contributed by atoms with Crippen LogP contribution in [0.1, 0.15) is 45.1 Å². The van der Waals surface area contributed by atoms with Crippen LogP contribution in [0.3, 0.4) is 0 Å². The second kappa shape index (κ2) is 11.7. The molecule has 2 N–H and O–H groups in total. The SMILES string of the molecule is CCCOc1ncccc1CN=C(NCC)NCCCOCC1CC1. The van der Waals surface area contributed by atoms with Crippen LogP contribution < -0.4 is 15.4 Å². The van der Waals surface area contributed by atoms with E-state index in [0.29, 0.717) is 19.0 Å². The Morgan fingerprint density at radius 3 is 2.92 bits per heavy atom. The standard InChI is InChI=1S/C19H32N4O2/c1-3-12-25-18-17(7-5-10-21-18)14-23-19(20-4-2)22-11-6-13-24-15-16-8-9-16/h5,7,10,16H,3-4,6,8-9,11-15H2,1-2H3,(H2,20,22,23). The highest BCUT2D eigenvalue weighted by Gasteiger charge is 2.20. The molecule has 6 nitrogen and oxygen atoms in total. The molecule has 0 aromatic carbocycles. The van der Waals surface area contributed by atoms with Crippen LogP contribution in [-0.2, 0) is 11.3 Å². The van der Waals surface area contributed by atoms with Crippen LogP contribution in [0.5, 0.6) is 5.88 Å². The molecule has 140 valence electrons. The molecule has 0 amide bonds. The highest BCUT2D eigenvalue weighted by molar-refractivity contribution is 5.79. The highest BCUT2D eigenvalue weighted by Crippen LogP contribution is 2.28. The summed E-state index contributed by atoms with van der Waals surface area (Å²) >= 11 is 0. The van der Waals surface area contributed by atoms with Crippen molar-refractivity contribution in [1.29, 1.82) is 0 Å². The maximum atomic E-state index is 5.69. The van der Waals surface area contributed by atoms with E-state index in [2.05, 4.69) is 34.5 Å². The van der Waals surface area contributed by atoms with Crippen molar-refractivity contribution < 1.29 is 9.47 Å². The first-order chi connectivity index (χ1) is 12.3. The molecule has 1 aromatic rings. The maximum Gasteiger partial charge on any atom is 0.218 e. The van der Waals surface area contributed by atoms with Gasteiger partial charge in [0, 0.05) is 38.1 Å². The smallest absolute Gasteiger partial charge is 0.218 e. The van der Waals surface area contributed by atoms with Gasteiger partial charge in [0.05, 0.1) is 13.2 Å². The number of hydrogen-bond acceptors (Lipinski definition) is 4. The molecule has 0 spiro atoms. The number of guanidine groups is 1. The van der Waals surface area contributed by atoms with Gasteiger partial charge in [0.15, 0.2) is 5.96 Å². The summed E-state index contributed by atoms with van der Waals surface area (Å²) < 4.78 is 11.3. The van der Waals surface area contributed by atoms with Crippen molar-refractivity contribution in [2.45, 2.75) is 46.1 Å². The minimum Gasteiger partial charge on any atom is -0.477 e. The Morgan fingerprint density at radius 1 is 1.28 bits per heavy atom. The van der Waals surface area contributed by atoms with Crippen LogP contribution in [0.25, 0.3) is 0 Å². The van der Waals surface area contributed by atoms with Crippen molar-refractivity contribution >= 4 is 5.96 Å².